The molecule has 0 bridgehead atoms. The molecule has 0 aliphatic rings. The topological polar surface area (TPSA) is 73.9 Å². The van der Waals surface area contributed by atoms with E-state index in [9.17, 15) is 5.11 Å². The molecule has 92 valence electrons. The molecule has 0 saturated heterocycles. The summed E-state index contributed by atoms with van der Waals surface area (Å²) in [5.41, 5.74) is 1.51. The van der Waals surface area contributed by atoms with Gasteiger partial charge in [-0.2, -0.15) is 10.4 Å². The molecule has 1 aromatic heterocycles. The largest absolute Gasteiger partial charge is 0.389 e. The fourth-order valence-electron chi connectivity index (χ4n) is 1.59. The summed E-state index contributed by atoms with van der Waals surface area (Å²) in [5, 5.41) is 25.6. The smallest absolute Gasteiger partial charge is 0.0991 e. The first-order chi connectivity index (χ1) is 8.78. The van der Waals surface area contributed by atoms with E-state index in [0.29, 0.717) is 18.7 Å². The summed E-state index contributed by atoms with van der Waals surface area (Å²) in [5.74, 6) is 0. The van der Waals surface area contributed by atoms with Crippen LogP contribution in [0, 0.1) is 11.3 Å². The van der Waals surface area contributed by atoms with E-state index in [1.165, 1.54) is 0 Å². The Morgan fingerprint density at radius 3 is 2.78 bits per heavy atom. The van der Waals surface area contributed by atoms with Gasteiger partial charge in [0, 0.05) is 24.6 Å². The third-order valence-corrected chi connectivity index (χ3v) is 2.51. The highest BCUT2D eigenvalue weighted by molar-refractivity contribution is 5.47. The van der Waals surface area contributed by atoms with Crippen molar-refractivity contribution < 1.29 is 5.11 Å². The van der Waals surface area contributed by atoms with E-state index in [0.717, 1.165) is 5.69 Å². The molecule has 0 fully saturated rings. The summed E-state index contributed by atoms with van der Waals surface area (Å²) < 4.78 is 1.69. The van der Waals surface area contributed by atoms with E-state index in [1.807, 2.05) is 24.4 Å². The zero-order chi connectivity index (χ0) is 12.8. The van der Waals surface area contributed by atoms with Gasteiger partial charge in [0.2, 0.25) is 0 Å². The van der Waals surface area contributed by atoms with Crippen LogP contribution in [0.15, 0.2) is 42.7 Å². The van der Waals surface area contributed by atoms with Gasteiger partial charge in [0.25, 0.3) is 0 Å². The molecule has 0 aliphatic heterocycles. The van der Waals surface area contributed by atoms with Crippen molar-refractivity contribution in [3.8, 4) is 6.07 Å². The Hall–Kier alpha value is -2.32. The van der Waals surface area contributed by atoms with E-state index in [4.69, 9.17) is 5.26 Å². The minimum absolute atomic E-state index is 0.436. The van der Waals surface area contributed by atoms with Crippen LogP contribution in [-0.4, -0.2) is 27.5 Å². The molecule has 0 aliphatic carbocycles. The Bertz CT molecular complexity index is 513. The first-order valence-corrected chi connectivity index (χ1v) is 5.67. The summed E-state index contributed by atoms with van der Waals surface area (Å²) in [7, 11) is 0. The quantitative estimate of drug-likeness (QED) is 0.827. The highest BCUT2D eigenvalue weighted by Crippen LogP contribution is 2.08. The lowest BCUT2D eigenvalue weighted by atomic mass is 10.2. The highest BCUT2D eigenvalue weighted by Gasteiger charge is 2.05. The number of benzene rings is 1. The van der Waals surface area contributed by atoms with Gasteiger partial charge in [0.15, 0.2) is 0 Å². The van der Waals surface area contributed by atoms with Crippen LogP contribution in [0.1, 0.15) is 5.56 Å². The van der Waals surface area contributed by atoms with Crippen molar-refractivity contribution in [2.24, 2.45) is 0 Å². The molecule has 2 rings (SSSR count). The van der Waals surface area contributed by atoms with Crippen LogP contribution in [0.5, 0.6) is 0 Å². The molecular formula is C13H14N4O. The number of aliphatic hydroxyl groups excluding tert-OH is 1. The number of nitrogens with one attached hydrogen (secondary N) is 1. The summed E-state index contributed by atoms with van der Waals surface area (Å²) in [6.07, 6.45) is 2.98. The number of aromatic nitrogens is 2. The molecule has 1 atom stereocenters. The van der Waals surface area contributed by atoms with Gasteiger partial charge in [-0.1, -0.05) is 0 Å². The molecule has 2 aromatic rings. The van der Waals surface area contributed by atoms with Crippen molar-refractivity contribution >= 4 is 5.69 Å². The van der Waals surface area contributed by atoms with E-state index in [-0.39, 0.29) is 0 Å². The molecule has 0 amide bonds. The van der Waals surface area contributed by atoms with Crippen LogP contribution in [-0.2, 0) is 6.54 Å². The Morgan fingerprint density at radius 1 is 1.39 bits per heavy atom. The van der Waals surface area contributed by atoms with Crippen molar-refractivity contribution in [1.82, 2.24) is 9.78 Å². The number of nitriles is 1. The number of hydrogen-bond donors (Lipinski definition) is 2. The molecule has 1 unspecified atom stereocenters. The number of nitrogens with zero attached hydrogens (tertiary/aromatic N) is 3. The lowest BCUT2D eigenvalue weighted by Gasteiger charge is -2.12. The second-order valence-electron chi connectivity index (χ2n) is 3.95. The zero-order valence-corrected chi connectivity index (χ0v) is 9.82. The van der Waals surface area contributed by atoms with E-state index in [2.05, 4.69) is 16.5 Å². The summed E-state index contributed by atoms with van der Waals surface area (Å²) in [4.78, 5) is 0. The number of anilines is 1. The molecular weight excluding hydrogens is 228 g/mol. The van der Waals surface area contributed by atoms with Gasteiger partial charge in [-0.3, -0.25) is 4.68 Å². The van der Waals surface area contributed by atoms with Crippen LogP contribution in [0.25, 0.3) is 0 Å². The van der Waals surface area contributed by atoms with Gasteiger partial charge in [-0.05, 0) is 30.3 Å². The monoisotopic (exact) mass is 242 g/mol. The van der Waals surface area contributed by atoms with E-state index < -0.39 is 6.10 Å². The first-order valence-electron chi connectivity index (χ1n) is 5.67. The fraction of sp³-hybridized carbons (Fsp3) is 0.231. The van der Waals surface area contributed by atoms with Crippen molar-refractivity contribution in [2.45, 2.75) is 12.6 Å². The van der Waals surface area contributed by atoms with Crippen LogP contribution >= 0.6 is 0 Å². The molecule has 1 aromatic carbocycles. The third kappa shape index (κ3) is 3.34. The van der Waals surface area contributed by atoms with Gasteiger partial charge < -0.3 is 10.4 Å². The Balaban J connectivity index is 1.81. The number of aliphatic hydroxyl groups is 1. The maximum atomic E-state index is 9.81. The molecule has 0 spiro atoms. The van der Waals surface area contributed by atoms with E-state index >= 15 is 0 Å². The second kappa shape index (κ2) is 5.84. The molecule has 0 radical (unpaired) electrons. The van der Waals surface area contributed by atoms with Crippen molar-refractivity contribution in [1.29, 1.82) is 5.26 Å². The molecule has 0 saturated carbocycles. The summed E-state index contributed by atoms with van der Waals surface area (Å²) in [6.45, 7) is 0.891. The summed E-state index contributed by atoms with van der Waals surface area (Å²) >= 11 is 0. The molecule has 2 N–H and O–H groups in total. The summed E-state index contributed by atoms with van der Waals surface area (Å²) in [6, 6.07) is 11.0. The van der Waals surface area contributed by atoms with Gasteiger partial charge >= 0.3 is 0 Å². The standard InChI is InChI=1S/C13H14N4O/c14-8-11-2-4-12(5-3-11)15-9-13(18)10-17-7-1-6-16-17/h1-7,13,15,18H,9-10H2. The maximum Gasteiger partial charge on any atom is 0.0991 e. The third-order valence-electron chi connectivity index (χ3n) is 2.51. The van der Waals surface area contributed by atoms with Crippen LogP contribution in [0.3, 0.4) is 0 Å². The van der Waals surface area contributed by atoms with Gasteiger partial charge in [-0.15, -0.1) is 0 Å². The Labute approximate surface area is 105 Å². The van der Waals surface area contributed by atoms with Crippen LogP contribution in [0.2, 0.25) is 0 Å². The average Bonchev–Trinajstić information content (AvgIpc) is 2.90. The normalized spacial score (nSPS) is 11.8. The Kier molecular flexibility index (Phi) is 3.94. The van der Waals surface area contributed by atoms with Crippen LogP contribution in [0.4, 0.5) is 5.69 Å². The van der Waals surface area contributed by atoms with Crippen molar-refractivity contribution in [2.75, 3.05) is 11.9 Å². The van der Waals surface area contributed by atoms with Gasteiger partial charge in [0.05, 0.1) is 24.3 Å². The second-order valence-corrected chi connectivity index (χ2v) is 3.95. The molecule has 5 heteroatoms. The van der Waals surface area contributed by atoms with E-state index in [1.54, 1.807) is 23.0 Å². The number of hydrogen-bond acceptors (Lipinski definition) is 4. The number of rotatable bonds is 5. The SMILES string of the molecule is N#Cc1ccc(NCC(O)Cn2cccn2)cc1. The minimum atomic E-state index is -0.513. The predicted octanol–water partition coefficient (Wildman–Crippen LogP) is 1.23. The first kappa shape index (κ1) is 12.1. The van der Waals surface area contributed by atoms with Gasteiger partial charge in [0.1, 0.15) is 0 Å². The minimum Gasteiger partial charge on any atom is -0.389 e. The lowest BCUT2D eigenvalue weighted by Crippen LogP contribution is -2.25. The lowest BCUT2D eigenvalue weighted by molar-refractivity contribution is 0.161. The Morgan fingerprint density at radius 2 is 2.17 bits per heavy atom. The molecule has 18 heavy (non-hydrogen) atoms. The molecule has 5 nitrogen and oxygen atoms in total. The van der Waals surface area contributed by atoms with Gasteiger partial charge in [-0.25, -0.2) is 0 Å². The van der Waals surface area contributed by atoms with Crippen molar-refractivity contribution in [3.05, 3.63) is 48.3 Å². The highest BCUT2D eigenvalue weighted by atomic mass is 16.3. The fourth-order valence-corrected chi connectivity index (χ4v) is 1.59. The maximum absolute atomic E-state index is 9.81. The van der Waals surface area contributed by atoms with Crippen LogP contribution < -0.4 is 5.32 Å². The average molecular weight is 242 g/mol. The molecule has 1 heterocycles. The zero-order valence-electron chi connectivity index (χ0n) is 9.82. The van der Waals surface area contributed by atoms with Crippen molar-refractivity contribution in [3.63, 3.8) is 0 Å². The predicted molar refractivity (Wildman–Crippen MR) is 67.9 cm³/mol.